The summed E-state index contributed by atoms with van der Waals surface area (Å²) < 4.78 is 0. The molecular weight excluding hydrogens is 452 g/mol. The average molecular weight is 485 g/mol. The molecule has 2 aliphatic rings. The topological polar surface area (TPSA) is 159 Å². The molecule has 182 valence electrons. The van der Waals surface area contributed by atoms with Crippen LogP contribution in [0, 0.1) is 0 Å². The molecule has 0 amide bonds. The highest BCUT2D eigenvalue weighted by Gasteiger charge is 2.27. The molecule has 0 saturated carbocycles. The Balaban J connectivity index is 1.41. The zero-order valence-electron chi connectivity index (χ0n) is 19.1. The van der Waals surface area contributed by atoms with Crippen molar-refractivity contribution in [1.82, 2.24) is 10.2 Å². The number of aliphatic imine (C=N–C) groups is 2. The van der Waals surface area contributed by atoms with Gasteiger partial charge in [-0.2, -0.15) is 0 Å². The Labute approximate surface area is 205 Å². The highest BCUT2D eigenvalue weighted by Crippen LogP contribution is 2.35. The van der Waals surface area contributed by atoms with Crippen LogP contribution in [0.25, 0.3) is 0 Å². The van der Waals surface area contributed by atoms with Crippen LogP contribution in [-0.4, -0.2) is 62.4 Å². The lowest BCUT2D eigenvalue weighted by Crippen LogP contribution is -2.46. The van der Waals surface area contributed by atoms with E-state index in [4.69, 9.17) is 34.5 Å². The number of halogens is 1. The Morgan fingerprint density at radius 1 is 0.971 bits per heavy atom. The molecule has 2 aliphatic heterocycles. The van der Waals surface area contributed by atoms with E-state index in [9.17, 15) is 0 Å². The first-order chi connectivity index (χ1) is 16.4. The molecule has 11 heteroatoms. The lowest BCUT2D eigenvalue weighted by atomic mass is 9.95. The van der Waals surface area contributed by atoms with Crippen molar-refractivity contribution in [3.8, 4) is 0 Å². The summed E-state index contributed by atoms with van der Waals surface area (Å²) >= 11 is 6.29. The van der Waals surface area contributed by atoms with Gasteiger partial charge in [0.1, 0.15) is 0 Å². The summed E-state index contributed by atoms with van der Waals surface area (Å²) in [6.07, 6.45) is 0.533. The predicted molar refractivity (Wildman–Crippen MR) is 140 cm³/mol. The van der Waals surface area contributed by atoms with E-state index in [1.165, 1.54) is 5.69 Å². The molecule has 2 aromatic carbocycles. The third-order valence-corrected chi connectivity index (χ3v) is 6.35. The van der Waals surface area contributed by atoms with E-state index in [1.54, 1.807) is 0 Å². The van der Waals surface area contributed by atoms with E-state index in [0.29, 0.717) is 11.6 Å². The van der Waals surface area contributed by atoms with Crippen LogP contribution < -0.4 is 38.5 Å². The van der Waals surface area contributed by atoms with Crippen molar-refractivity contribution >= 4 is 34.9 Å². The van der Waals surface area contributed by atoms with Gasteiger partial charge in [0.25, 0.3) is 0 Å². The van der Waals surface area contributed by atoms with E-state index in [1.807, 2.05) is 18.2 Å². The second-order valence-corrected chi connectivity index (χ2v) is 8.95. The van der Waals surface area contributed by atoms with E-state index < -0.39 is 6.29 Å². The van der Waals surface area contributed by atoms with Gasteiger partial charge in [-0.25, -0.2) is 4.99 Å². The van der Waals surface area contributed by atoms with Gasteiger partial charge in [-0.1, -0.05) is 23.7 Å². The van der Waals surface area contributed by atoms with Gasteiger partial charge in [0.2, 0.25) is 0 Å². The molecule has 0 aliphatic carbocycles. The van der Waals surface area contributed by atoms with Crippen LogP contribution >= 0.6 is 11.6 Å². The van der Waals surface area contributed by atoms with E-state index in [-0.39, 0.29) is 18.0 Å². The molecule has 0 spiro atoms. The van der Waals surface area contributed by atoms with Crippen LogP contribution in [0.5, 0.6) is 0 Å². The SMILES string of the molecule is NC(N)=NCCCN1CCN(c2ccc(C3NC(N=C(N)N)Nc4ccc(Cl)cc43)cc2)CC1. The third-order valence-electron chi connectivity index (χ3n) is 6.11. The lowest BCUT2D eigenvalue weighted by molar-refractivity contribution is 0.256. The number of guanidine groups is 2. The van der Waals surface area contributed by atoms with Crippen LogP contribution in [0.2, 0.25) is 5.02 Å². The first-order valence-electron chi connectivity index (χ1n) is 11.4. The van der Waals surface area contributed by atoms with E-state index in [2.05, 4.69) is 54.7 Å². The van der Waals surface area contributed by atoms with Crippen molar-refractivity contribution in [3.63, 3.8) is 0 Å². The van der Waals surface area contributed by atoms with Gasteiger partial charge in [0.15, 0.2) is 18.2 Å². The minimum absolute atomic E-state index is 0.0203. The van der Waals surface area contributed by atoms with Gasteiger partial charge in [-0.15, -0.1) is 0 Å². The highest BCUT2D eigenvalue weighted by molar-refractivity contribution is 6.30. The lowest BCUT2D eigenvalue weighted by Gasteiger charge is -2.36. The Morgan fingerprint density at radius 3 is 2.38 bits per heavy atom. The number of rotatable bonds is 7. The first kappa shape index (κ1) is 23.9. The molecule has 1 saturated heterocycles. The summed E-state index contributed by atoms with van der Waals surface area (Å²) in [4.78, 5) is 13.2. The fourth-order valence-electron chi connectivity index (χ4n) is 4.44. The van der Waals surface area contributed by atoms with Crippen LogP contribution in [0.1, 0.15) is 23.6 Å². The number of hydrogen-bond donors (Lipinski definition) is 6. The molecule has 2 unspecified atom stereocenters. The van der Waals surface area contributed by atoms with Crippen LogP contribution in [0.3, 0.4) is 0 Å². The van der Waals surface area contributed by atoms with Gasteiger partial charge in [-0.05, 0) is 47.9 Å². The number of piperazine rings is 1. The van der Waals surface area contributed by atoms with Crippen molar-refractivity contribution in [2.24, 2.45) is 32.9 Å². The number of nitrogens with zero attached hydrogens (tertiary/aromatic N) is 4. The molecule has 0 radical (unpaired) electrons. The summed E-state index contributed by atoms with van der Waals surface area (Å²) in [5, 5.41) is 7.44. The molecular formula is C23H33ClN10. The van der Waals surface area contributed by atoms with Crippen LogP contribution in [0.4, 0.5) is 11.4 Å². The summed E-state index contributed by atoms with van der Waals surface area (Å²) in [6, 6.07) is 14.3. The maximum atomic E-state index is 6.29. The molecule has 10 N–H and O–H groups in total. The Hall–Kier alpha value is -3.21. The quantitative estimate of drug-likeness (QED) is 0.191. The summed E-state index contributed by atoms with van der Waals surface area (Å²) in [5.41, 5.74) is 26.3. The van der Waals surface area contributed by atoms with E-state index >= 15 is 0 Å². The smallest absolute Gasteiger partial charge is 0.189 e. The van der Waals surface area contributed by atoms with Gasteiger partial charge < -0.3 is 33.2 Å². The normalized spacial score (nSPS) is 20.2. The van der Waals surface area contributed by atoms with E-state index in [0.717, 1.165) is 56.0 Å². The number of benzene rings is 2. The average Bonchev–Trinajstić information content (AvgIpc) is 2.82. The predicted octanol–water partition coefficient (Wildman–Crippen LogP) is 0.787. The van der Waals surface area contributed by atoms with Crippen molar-refractivity contribution in [2.45, 2.75) is 18.8 Å². The molecule has 1 fully saturated rings. The molecule has 2 atom stereocenters. The molecule has 34 heavy (non-hydrogen) atoms. The Kier molecular flexibility index (Phi) is 7.61. The van der Waals surface area contributed by atoms with Crippen molar-refractivity contribution < 1.29 is 0 Å². The van der Waals surface area contributed by atoms with Crippen LogP contribution in [0.15, 0.2) is 52.4 Å². The minimum atomic E-state index is -0.427. The van der Waals surface area contributed by atoms with Gasteiger partial charge in [0.05, 0.1) is 6.04 Å². The van der Waals surface area contributed by atoms with Crippen molar-refractivity contribution in [1.29, 1.82) is 0 Å². The Morgan fingerprint density at radius 2 is 1.71 bits per heavy atom. The Bertz CT molecular complexity index is 1020. The van der Waals surface area contributed by atoms with Crippen molar-refractivity contribution in [3.05, 3.63) is 58.6 Å². The van der Waals surface area contributed by atoms with Gasteiger partial charge in [-0.3, -0.25) is 15.2 Å². The number of hydrogen-bond acceptors (Lipinski definition) is 6. The second-order valence-electron chi connectivity index (χ2n) is 8.51. The zero-order chi connectivity index (χ0) is 24.1. The molecule has 4 rings (SSSR count). The molecule has 2 heterocycles. The number of nitrogens with two attached hydrogens (primary N) is 4. The van der Waals surface area contributed by atoms with Crippen molar-refractivity contribution in [2.75, 3.05) is 49.5 Å². The standard InChI is InChI=1S/C23H33ClN10/c24-16-4-7-19-18(14-16)20(31-23(30-19)32-22(27)28)15-2-5-17(6-3-15)34-12-10-33(11-13-34)9-1-8-29-21(25)26/h2-7,14,20,23,30-31H,1,8-13H2,(H4,25,26,29)(H4,27,28,32). The highest BCUT2D eigenvalue weighted by atomic mass is 35.5. The molecule has 2 aromatic rings. The second kappa shape index (κ2) is 10.8. The largest absolute Gasteiger partial charge is 0.370 e. The summed E-state index contributed by atoms with van der Waals surface area (Å²) in [6.45, 7) is 5.68. The maximum absolute atomic E-state index is 6.29. The number of nitrogens with one attached hydrogen (secondary N) is 2. The molecule has 0 aromatic heterocycles. The van der Waals surface area contributed by atoms with Gasteiger partial charge in [0, 0.05) is 55.7 Å². The zero-order valence-corrected chi connectivity index (χ0v) is 19.9. The number of fused-ring (bicyclic) bond motifs is 1. The summed E-state index contributed by atoms with van der Waals surface area (Å²) in [7, 11) is 0. The fraction of sp³-hybridized carbons (Fsp3) is 0.391. The molecule has 10 nitrogen and oxygen atoms in total. The molecule has 0 bridgehead atoms. The number of anilines is 2. The minimum Gasteiger partial charge on any atom is -0.370 e. The first-order valence-corrected chi connectivity index (χ1v) is 11.8. The summed E-state index contributed by atoms with van der Waals surface area (Å²) in [5.74, 6) is 0.179. The third kappa shape index (κ3) is 6.02. The monoisotopic (exact) mass is 484 g/mol. The fourth-order valence-corrected chi connectivity index (χ4v) is 4.63. The maximum Gasteiger partial charge on any atom is 0.189 e. The van der Waals surface area contributed by atoms with Crippen LogP contribution in [-0.2, 0) is 0 Å². The van der Waals surface area contributed by atoms with Gasteiger partial charge >= 0.3 is 0 Å².